The van der Waals surface area contributed by atoms with Crippen molar-refractivity contribution < 1.29 is 35.9 Å². The molecule has 4 heterocycles. The van der Waals surface area contributed by atoms with Gasteiger partial charge in [0.2, 0.25) is 5.91 Å². The van der Waals surface area contributed by atoms with Gasteiger partial charge in [0.25, 0.3) is 17.4 Å². The molecule has 2 N–H and O–H groups in total. The third-order valence-corrected chi connectivity index (χ3v) is 8.08. The van der Waals surface area contributed by atoms with Crippen LogP contribution in [0, 0.1) is 11.6 Å². The molecule has 1 aromatic carbocycles. The van der Waals surface area contributed by atoms with Crippen molar-refractivity contribution in [2.45, 2.75) is 56.5 Å². The molecule has 0 spiro atoms. The maximum absolute atomic E-state index is 15.2. The number of alkyl halides is 4. The molecule has 1 unspecified atom stereocenters. The van der Waals surface area contributed by atoms with E-state index in [1.807, 2.05) is 0 Å². The van der Waals surface area contributed by atoms with E-state index in [9.17, 15) is 27.2 Å². The number of pyridine rings is 2. The molecule has 2 aliphatic rings. The lowest BCUT2D eigenvalue weighted by Gasteiger charge is -2.40. The predicted octanol–water partition coefficient (Wildman–Crippen LogP) is 5.52. The molecule has 2 saturated heterocycles. The molecule has 8 nitrogen and oxygen atoms in total. The Kier molecular flexibility index (Phi) is 9.02. The molecule has 5 rings (SSSR count). The molecule has 44 heavy (non-hydrogen) atoms. The number of nitrogens with zero attached hydrogens (tertiary/aromatic N) is 3. The summed E-state index contributed by atoms with van der Waals surface area (Å²) in [6.45, 7) is 1.60. The van der Waals surface area contributed by atoms with Crippen LogP contribution in [0.2, 0.25) is 0 Å². The molecule has 0 saturated carbocycles. The number of anilines is 1. The van der Waals surface area contributed by atoms with Gasteiger partial charge in [-0.05, 0) is 42.8 Å². The van der Waals surface area contributed by atoms with Crippen LogP contribution in [-0.4, -0.2) is 69.7 Å². The summed E-state index contributed by atoms with van der Waals surface area (Å²) >= 11 is 0. The predicted molar refractivity (Wildman–Crippen MR) is 149 cm³/mol. The summed E-state index contributed by atoms with van der Waals surface area (Å²) in [5.74, 6) is -9.25. The van der Waals surface area contributed by atoms with Crippen molar-refractivity contribution in [3.8, 4) is 11.5 Å². The van der Waals surface area contributed by atoms with E-state index in [4.69, 9.17) is 4.74 Å². The van der Waals surface area contributed by atoms with Crippen molar-refractivity contribution in [1.82, 2.24) is 19.8 Å². The second-order valence-electron chi connectivity index (χ2n) is 11.2. The van der Waals surface area contributed by atoms with Crippen molar-refractivity contribution in [1.29, 1.82) is 0 Å². The summed E-state index contributed by atoms with van der Waals surface area (Å²) in [4.78, 5) is 35.4. The van der Waals surface area contributed by atoms with E-state index in [1.54, 1.807) is 16.7 Å². The van der Waals surface area contributed by atoms with Crippen LogP contribution in [0.3, 0.4) is 0 Å². The van der Waals surface area contributed by atoms with Gasteiger partial charge in [-0.3, -0.25) is 19.4 Å². The first-order chi connectivity index (χ1) is 20.8. The van der Waals surface area contributed by atoms with Gasteiger partial charge in [0, 0.05) is 69.8 Å². The van der Waals surface area contributed by atoms with Crippen LogP contribution in [0.4, 0.5) is 32.2 Å². The van der Waals surface area contributed by atoms with Gasteiger partial charge in [-0.2, -0.15) is 0 Å². The van der Waals surface area contributed by atoms with Crippen LogP contribution in [0.5, 0.6) is 11.5 Å². The van der Waals surface area contributed by atoms with E-state index in [2.05, 4.69) is 15.3 Å². The highest BCUT2D eigenvalue weighted by atomic mass is 19.3. The molecule has 2 fully saturated rings. The van der Waals surface area contributed by atoms with Gasteiger partial charge < -0.3 is 15.0 Å². The number of rotatable bonds is 8. The van der Waals surface area contributed by atoms with E-state index in [0.29, 0.717) is 6.07 Å². The van der Waals surface area contributed by atoms with Crippen molar-refractivity contribution in [2.75, 3.05) is 31.5 Å². The molecule has 2 atom stereocenters. The number of hydrogen-bond acceptors (Lipinski definition) is 6. The van der Waals surface area contributed by atoms with Crippen molar-refractivity contribution >= 4 is 11.7 Å². The fourth-order valence-electron chi connectivity index (χ4n) is 5.37. The molecule has 3 aromatic rings. The molecular weight excluding hydrogens is 592 g/mol. The summed E-state index contributed by atoms with van der Waals surface area (Å²) in [5, 5.41) is 2.63. The van der Waals surface area contributed by atoms with Crippen LogP contribution in [0.25, 0.3) is 0 Å². The molecule has 1 amide bonds. The van der Waals surface area contributed by atoms with E-state index < -0.39 is 53.3 Å². The highest BCUT2D eigenvalue weighted by molar-refractivity contribution is 5.93. The number of amides is 1. The maximum atomic E-state index is 15.2. The minimum absolute atomic E-state index is 0.0558. The first kappa shape index (κ1) is 31.5. The Balaban J connectivity index is 1.22. The van der Waals surface area contributed by atoms with Gasteiger partial charge in [0.15, 0.2) is 11.6 Å². The van der Waals surface area contributed by atoms with Gasteiger partial charge in [-0.1, -0.05) is 0 Å². The number of nitrogens with one attached hydrogen (secondary N) is 2. The normalized spacial score (nSPS) is 21.0. The largest absolute Gasteiger partial charge is 0.453 e. The number of carbonyl (C=O) groups excluding carboxylic acids is 1. The van der Waals surface area contributed by atoms with Crippen LogP contribution >= 0.6 is 0 Å². The molecule has 0 aliphatic carbocycles. The second-order valence-corrected chi connectivity index (χ2v) is 11.2. The zero-order chi connectivity index (χ0) is 31.6. The van der Waals surface area contributed by atoms with Crippen LogP contribution in [0.1, 0.15) is 43.2 Å². The summed E-state index contributed by atoms with van der Waals surface area (Å²) in [6, 6.07) is 6.28. The zero-order valence-corrected chi connectivity index (χ0v) is 23.8. The quantitative estimate of drug-likeness (QED) is 0.321. The molecule has 14 heteroatoms. The van der Waals surface area contributed by atoms with E-state index in [0.717, 1.165) is 12.1 Å². The maximum Gasteiger partial charge on any atom is 0.257 e. The van der Waals surface area contributed by atoms with Gasteiger partial charge in [-0.15, -0.1) is 0 Å². The summed E-state index contributed by atoms with van der Waals surface area (Å²) < 4.78 is 89.8. The highest BCUT2D eigenvalue weighted by Gasteiger charge is 2.46. The van der Waals surface area contributed by atoms with Crippen LogP contribution < -0.4 is 15.6 Å². The van der Waals surface area contributed by atoms with Crippen LogP contribution in [-0.2, 0) is 11.3 Å². The summed E-state index contributed by atoms with van der Waals surface area (Å²) in [6.07, 6.45) is 1.31. The molecular formula is C30H31F6N5O3. The number of likely N-dealkylation sites (tertiary alicyclic amines) is 2. The Morgan fingerprint density at radius 3 is 2.52 bits per heavy atom. The van der Waals surface area contributed by atoms with E-state index >= 15 is 8.78 Å². The van der Waals surface area contributed by atoms with Crippen molar-refractivity contribution in [2.24, 2.45) is 0 Å². The first-order valence-corrected chi connectivity index (χ1v) is 14.1. The zero-order valence-electron chi connectivity index (χ0n) is 23.8. The molecule has 0 bridgehead atoms. The number of aromatic amines is 1. The lowest BCUT2D eigenvalue weighted by atomic mass is 9.86. The topological polar surface area (TPSA) is 90.6 Å². The monoisotopic (exact) mass is 623 g/mol. The minimum atomic E-state index is -3.11. The third kappa shape index (κ3) is 7.41. The number of carbonyl (C=O) groups is 1. The third-order valence-electron chi connectivity index (χ3n) is 8.08. The first-order valence-electron chi connectivity index (χ1n) is 14.1. The number of H-pyrrole nitrogens is 1. The lowest BCUT2D eigenvalue weighted by Crippen LogP contribution is -2.52. The summed E-state index contributed by atoms with van der Waals surface area (Å²) in [7, 11) is 0. The number of halogens is 6. The van der Waals surface area contributed by atoms with Crippen molar-refractivity contribution in [3.05, 3.63) is 81.9 Å². The standard InChI is InChI=1S/C30H31F6N5O3/c1-18(27(42)39-26-5-3-22(15-37-26)44-25-4-2-21(31)13-24(25)32)41-11-8-30(35,36)23(17-41)19-12-20(28(43)38-14-19)16-40-9-6-29(33,34)7-10-40/h2-5,12-15,18,23H,6-11,16-17H2,1H3,(H,38,43)(H,37,39,42)/t18?,23-/m1/s1. The average molecular weight is 624 g/mol. The Labute approximate surface area is 249 Å². The van der Waals surface area contributed by atoms with Crippen LogP contribution in [0.15, 0.2) is 53.6 Å². The lowest BCUT2D eigenvalue weighted by molar-refractivity contribution is -0.125. The van der Waals surface area contributed by atoms with E-state index in [-0.39, 0.29) is 74.0 Å². The number of benzene rings is 1. The molecule has 2 aliphatic heterocycles. The summed E-state index contributed by atoms with van der Waals surface area (Å²) in [5.41, 5.74) is -0.0623. The Morgan fingerprint density at radius 2 is 1.84 bits per heavy atom. The SMILES string of the molecule is CC(C(=O)Nc1ccc(Oc2ccc(F)cc2F)cn1)N1CCC(F)(F)[C@@H](c2c[nH]c(=O)c(CN3CCC(F)(F)CC3)c2)C1. The smallest absolute Gasteiger partial charge is 0.257 e. The molecule has 0 radical (unpaired) electrons. The highest BCUT2D eigenvalue weighted by Crippen LogP contribution is 2.41. The average Bonchev–Trinajstić information content (AvgIpc) is 2.97. The fraction of sp³-hybridized carbons (Fsp3) is 0.433. The van der Waals surface area contributed by atoms with Gasteiger partial charge in [0.1, 0.15) is 17.4 Å². The van der Waals surface area contributed by atoms with Gasteiger partial charge >= 0.3 is 0 Å². The number of aromatic nitrogens is 2. The van der Waals surface area contributed by atoms with Gasteiger partial charge in [-0.25, -0.2) is 31.3 Å². The number of ether oxygens (including phenoxy) is 1. The number of piperidine rings is 2. The molecule has 236 valence electrons. The fourth-order valence-corrected chi connectivity index (χ4v) is 5.37. The molecule has 2 aromatic heterocycles. The Morgan fingerprint density at radius 1 is 1.09 bits per heavy atom. The Hall–Kier alpha value is -3.91. The second kappa shape index (κ2) is 12.6. The number of hydrogen-bond donors (Lipinski definition) is 2. The Bertz CT molecular complexity index is 1540. The minimum Gasteiger partial charge on any atom is -0.453 e. The van der Waals surface area contributed by atoms with Gasteiger partial charge in [0.05, 0.1) is 18.2 Å². The van der Waals surface area contributed by atoms with Crippen molar-refractivity contribution in [3.63, 3.8) is 0 Å². The van der Waals surface area contributed by atoms with E-state index in [1.165, 1.54) is 30.6 Å².